The number of pyridine rings is 1. The van der Waals surface area contributed by atoms with Crippen LogP contribution in [0.2, 0.25) is 0 Å². The van der Waals surface area contributed by atoms with E-state index in [1.54, 1.807) is 6.07 Å². The molecule has 5 N–H and O–H groups in total. The van der Waals surface area contributed by atoms with Crippen molar-refractivity contribution in [1.82, 2.24) is 25.0 Å². The van der Waals surface area contributed by atoms with Gasteiger partial charge < -0.3 is 26.4 Å². The Morgan fingerprint density at radius 3 is 2.89 bits per heavy atom. The van der Waals surface area contributed by atoms with Crippen molar-refractivity contribution in [2.24, 2.45) is 5.92 Å². The van der Waals surface area contributed by atoms with Gasteiger partial charge in [-0.3, -0.25) is 9.48 Å². The largest absolute Gasteiger partial charge is 0.474 e. The maximum atomic E-state index is 11.4. The summed E-state index contributed by atoms with van der Waals surface area (Å²) in [6, 6.07) is 9.15. The van der Waals surface area contributed by atoms with Gasteiger partial charge in [0.2, 0.25) is 0 Å². The first-order chi connectivity index (χ1) is 17.9. The summed E-state index contributed by atoms with van der Waals surface area (Å²) in [5.74, 6) is -1.49. The van der Waals surface area contributed by atoms with E-state index in [0.29, 0.717) is 30.0 Å². The third kappa shape index (κ3) is 5.91. The Morgan fingerprint density at radius 2 is 2.11 bits per heavy atom. The number of nitrogens with one attached hydrogen (secondary N) is 2. The summed E-state index contributed by atoms with van der Waals surface area (Å²) in [5, 5.41) is 20.9. The molecule has 0 unspecified atom stereocenters. The second-order valence-electron chi connectivity index (χ2n) is 10.4. The highest BCUT2D eigenvalue weighted by molar-refractivity contribution is 6.36. The Balaban J connectivity index is 1.15. The second kappa shape index (κ2) is 10.9. The predicted molar refractivity (Wildman–Crippen MR) is 142 cm³/mol. The molecular weight excluding hydrogens is 470 g/mol. The highest BCUT2D eigenvalue weighted by atomic mass is 16.4. The first-order valence-corrected chi connectivity index (χ1v) is 13.1. The lowest BCUT2D eigenvalue weighted by Crippen LogP contribution is -2.31. The lowest BCUT2D eigenvalue weighted by atomic mass is 9.92. The molecule has 5 rings (SSSR count). The molecule has 0 saturated carbocycles. The number of fused-ring (bicyclic) bond motifs is 1. The maximum absolute atomic E-state index is 11.4. The molecule has 37 heavy (non-hydrogen) atoms. The molecule has 2 aliphatic heterocycles. The second-order valence-corrected chi connectivity index (χ2v) is 10.4. The quantitative estimate of drug-likeness (QED) is 0.360. The number of nitrogens with two attached hydrogens (primary N) is 1. The lowest BCUT2D eigenvalue weighted by molar-refractivity contribution is -0.147. The van der Waals surface area contributed by atoms with E-state index in [1.165, 1.54) is 30.0 Å². The third-order valence-corrected chi connectivity index (χ3v) is 7.61. The van der Waals surface area contributed by atoms with Gasteiger partial charge in [0.25, 0.3) is 0 Å². The summed E-state index contributed by atoms with van der Waals surface area (Å²) in [5.41, 5.74) is 9.54. The lowest BCUT2D eigenvalue weighted by Gasteiger charge is -2.28. The van der Waals surface area contributed by atoms with Crippen molar-refractivity contribution in [1.29, 1.82) is 0 Å². The Labute approximate surface area is 216 Å². The summed E-state index contributed by atoms with van der Waals surface area (Å²) >= 11 is 0. The van der Waals surface area contributed by atoms with Gasteiger partial charge in [0.1, 0.15) is 5.82 Å². The zero-order valence-electron chi connectivity index (χ0n) is 21.2. The molecule has 4 heterocycles. The Morgan fingerprint density at radius 1 is 1.24 bits per heavy atom. The Hall–Kier alpha value is -3.50. The molecule has 1 amide bonds. The van der Waals surface area contributed by atoms with Crippen LogP contribution in [0.25, 0.3) is 10.9 Å². The fraction of sp³-hybridized carbons (Fsp3) is 0.481. The van der Waals surface area contributed by atoms with Gasteiger partial charge in [-0.1, -0.05) is 13.0 Å². The minimum Gasteiger partial charge on any atom is -0.474 e. The fourth-order valence-corrected chi connectivity index (χ4v) is 5.45. The smallest absolute Gasteiger partial charge is 0.394 e. The zero-order valence-corrected chi connectivity index (χ0v) is 21.2. The van der Waals surface area contributed by atoms with Gasteiger partial charge in [-0.15, -0.1) is 0 Å². The predicted octanol–water partition coefficient (Wildman–Crippen LogP) is 2.98. The number of aromatic nitrogens is 3. The van der Waals surface area contributed by atoms with Gasteiger partial charge in [-0.05, 0) is 80.4 Å². The Kier molecular flexibility index (Phi) is 7.38. The van der Waals surface area contributed by atoms with E-state index >= 15 is 0 Å². The highest BCUT2D eigenvalue weighted by Crippen LogP contribution is 2.29. The molecule has 10 heteroatoms. The van der Waals surface area contributed by atoms with Gasteiger partial charge >= 0.3 is 11.9 Å². The molecule has 2 saturated heterocycles. The van der Waals surface area contributed by atoms with Crippen molar-refractivity contribution in [3.8, 4) is 0 Å². The topological polar surface area (TPSA) is 138 Å². The van der Waals surface area contributed by atoms with Crippen LogP contribution in [0.15, 0.2) is 36.7 Å². The minimum atomic E-state index is -1.54. The molecule has 3 aromatic rings. The number of amides is 1. The van der Waals surface area contributed by atoms with Crippen molar-refractivity contribution in [3.63, 3.8) is 0 Å². The van der Waals surface area contributed by atoms with Crippen molar-refractivity contribution >= 4 is 34.3 Å². The molecule has 0 bridgehead atoms. The number of benzene rings is 1. The summed E-state index contributed by atoms with van der Waals surface area (Å²) in [6.45, 7) is 6.26. The number of carboxylic acids is 1. The van der Waals surface area contributed by atoms with Crippen LogP contribution in [0.4, 0.5) is 11.5 Å². The van der Waals surface area contributed by atoms with Crippen LogP contribution in [0.1, 0.15) is 55.8 Å². The first-order valence-electron chi connectivity index (χ1n) is 13.1. The average molecular weight is 506 g/mol. The number of nitrogens with zero attached hydrogens (tertiary/aromatic N) is 4. The zero-order chi connectivity index (χ0) is 25.9. The molecular formula is C27H35N7O3. The van der Waals surface area contributed by atoms with E-state index in [-0.39, 0.29) is 0 Å². The molecule has 2 aromatic heterocycles. The number of carbonyl (C=O) groups is 2. The number of nitrogen functional groups attached to an aromatic ring is 1. The number of anilines is 2. The number of likely N-dealkylation sites (tertiary alicyclic amines) is 1. The van der Waals surface area contributed by atoms with E-state index in [2.05, 4.69) is 56.5 Å². The van der Waals surface area contributed by atoms with Crippen molar-refractivity contribution in [3.05, 3.63) is 47.8 Å². The SMILES string of the molecule is C[C@H]1CC[C@H](c2ccc3nn([C@@H]4CCN(CCCc5cc(NC(=O)C(=O)O)cnc5N)C4)cc3c2)NC1. The molecule has 196 valence electrons. The van der Waals surface area contributed by atoms with E-state index in [9.17, 15) is 9.59 Å². The molecule has 3 atom stereocenters. The number of rotatable bonds is 7. The number of piperidine rings is 1. The van der Waals surface area contributed by atoms with Crippen LogP contribution >= 0.6 is 0 Å². The number of hydrogen-bond donors (Lipinski definition) is 4. The highest BCUT2D eigenvalue weighted by Gasteiger charge is 2.25. The monoisotopic (exact) mass is 505 g/mol. The van der Waals surface area contributed by atoms with E-state index < -0.39 is 11.9 Å². The van der Waals surface area contributed by atoms with Crippen LogP contribution in [0.5, 0.6) is 0 Å². The molecule has 0 aliphatic carbocycles. The summed E-state index contributed by atoms with van der Waals surface area (Å²) in [4.78, 5) is 28.7. The fourth-order valence-electron chi connectivity index (χ4n) is 5.45. The summed E-state index contributed by atoms with van der Waals surface area (Å²) in [7, 11) is 0. The minimum absolute atomic E-state index is 0.334. The molecule has 2 fully saturated rings. The molecule has 1 aromatic carbocycles. The van der Waals surface area contributed by atoms with Gasteiger partial charge in [0.15, 0.2) is 0 Å². The average Bonchev–Trinajstić information content (AvgIpc) is 3.53. The van der Waals surface area contributed by atoms with Crippen molar-refractivity contribution in [2.75, 3.05) is 37.2 Å². The van der Waals surface area contributed by atoms with E-state index in [4.69, 9.17) is 15.9 Å². The van der Waals surface area contributed by atoms with Gasteiger partial charge in [0.05, 0.1) is 23.4 Å². The molecule has 0 spiro atoms. The summed E-state index contributed by atoms with van der Waals surface area (Å²) in [6.07, 6.45) is 8.65. The van der Waals surface area contributed by atoms with Gasteiger partial charge in [-0.2, -0.15) is 5.10 Å². The molecule has 2 aliphatic rings. The van der Waals surface area contributed by atoms with Crippen molar-refractivity contribution in [2.45, 2.75) is 51.1 Å². The van der Waals surface area contributed by atoms with Crippen LogP contribution in [-0.4, -0.2) is 62.8 Å². The number of carbonyl (C=O) groups excluding carboxylic acids is 1. The number of aliphatic carboxylic acids is 1. The first kappa shape index (κ1) is 25.2. The van der Waals surface area contributed by atoms with Gasteiger partial charge in [0, 0.05) is 30.7 Å². The van der Waals surface area contributed by atoms with Crippen LogP contribution in [0.3, 0.4) is 0 Å². The molecule has 10 nitrogen and oxygen atoms in total. The number of hydrogen-bond acceptors (Lipinski definition) is 7. The number of aryl methyl sites for hydroxylation is 1. The standard InChI is InChI=1S/C27H35N7O3/c1-17-4-6-23(29-13-17)18-5-7-24-20(11-18)15-34(32-24)22-8-10-33(16-22)9-2-3-19-12-21(14-30-25(19)28)31-26(35)27(36)37/h5,7,11-12,14-15,17,22-23,29H,2-4,6,8-10,13,16H2,1H3,(H2,28,30)(H,31,35)(H,36,37)/t17-,22+,23+/m0/s1. The third-order valence-electron chi connectivity index (χ3n) is 7.61. The summed E-state index contributed by atoms with van der Waals surface area (Å²) < 4.78 is 2.14. The Bertz CT molecular complexity index is 1280. The van der Waals surface area contributed by atoms with Crippen LogP contribution in [0, 0.1) is 5.92 Å². The normalized spacial score (nSPS) is 22.4. The maximum Gasteiger partial charge on any atom is 0.394 e. The number of carboxylic acid groups (broad SMARTS) is 1. The van der Waals surface area contributed by atoms with E-state index in [1.807, 2.05) is 0 Å². The van der Waals surface area contributed by atoms with Gasteiger partial charge in [-0.25, -0.2) is 9.78 Å². The van der Waals surface area contributed by atoms with Crippen LogP contribution in [-0.2, 0) is 16.0 Å². The van der Waals surface area contributed by atoms with E-state index in [0.717, 1.165) is 56.0 Å². The van der Waals surface area contributed by atoms with Crippen molar-refractivity contribution < 1.29 is 14.7 Å². The van der Waals surface area contributed by atoms with Crippen LogP contribution < -0.4 is 16.4 Å². The molecule has 0 radical (unpaired) electrons.